The Morgan fingerprint density at radius 3 is 1.68 bits per heavy atom. The van der Waals surface area contributed by atoms with Crippen LogP contribution in [0.4, 0.5) is 8.78 Å². The summed E-state index contributed by atoms with van der Waals surface area (Å²) >= 11 is 0. The van der Waals surface area contributed by atoms with Crippen LogP contribution >= 0.6 is 0 Å². The Morgan fingerprint density at radius 1 is 0.661 bits per heavy atom. The van der Waals surface area contributed by atoms with Crippen molar-refractivity contribution in [1.29, 1.82) is 0 Å². The maximum absolute atomic E-state index is 16.8. The van der Waals surface area contributed by atoms with Crippen molar-refractivity contribution in [2.24, 2.45) is 11.5 Å². The molecule has 4 N–H and O–H groups in total. The molecule has 0 unspecified atom stereocenters. The van der Waals surface area contributed by atoms with Crippen LogP contribution in [0.1, 0.15) is 41.4 Å². The number of ether oxygens (including phenoxy) is 6. The molecule has 0 saturated carbocycles. The van der Waals surface area contributed by atoms with Crippen LogP contribution in [0.15, 0.2) is 48.5 Å². The largest absolute Gasteiger partial charge is 0.494 e. The van der Waals surface area contributed by atoms with Crippen molar-refractivity contribution in [3.8, 4) is 45.8 Å². The van der Waals surface area contributed by atoms with Crippen molar-refractivity contribution in [1.82, 2.24) is 19.1 Å². The number of primary amides is 2. The number of rotatable bonds is 6. The number of nitrogens with zero attached hydrogens (tertiary/aromatic N) is 4. The number of hydrogen-bond donors (Lipinski definition) is 2. The predicted octanol–water partition coefficient (Wildman–Crippen LogP) is 4.26. The van der Waals surface area contributed by atoms with Crippen LogP contribution < -0.4 is 30.4 Å². The van der Waals surface area contributed by atoms with Crippen LogP contribution in [0.5, 0.6) is 23.0 Å². The zero-order chi connectivity index (χ0) is 40.0. The number of aromatic nitrogens is 4. The molecule has 288 valence electrons. The van der Waals surface area contributed by atoms with E-state index in [-0.39, 0.29) is 105 Å². The van der Waals surface area contributed by atoms with Gasteiger partial charge in [0.25, 0.3) is 11.8 Å². The SMILES string of the molecule is COC(=O)c1cc2cc(F)c1-c1nc3c(OC)c(C(N)=O)ccc3n1CCn1c(nc3c(OC)c(C(N)=O)ccc31)-c1c(C(=O)OC)ccc(c1F)OCCO2. The molecule has 4 heterocycles. The summed E-state index contributed by atoms with van der Waals surface area (Å²) in [4.78, 5) is 60.7. The maximum atomic E-state index is 16.8. The van der Waals surface area contributed by atoms with Gasteiger partial charge >= 0.3 is 11.9 Å². The van der Waals surface area contributed by atoms with Gasteiger partial charge in [-0.3, -0.25) is 9.59 Å². The van der Waals surface area contributed by atoms with Gasteiger partial charge in [0.1, 0.15) is 47.5 Å². The smallest absolute Gasteiger partial charge is 0.338 e. The van der Waals surface area contributed by atoms with Crippen molar-refractivity contribution in [3.05, 3.63) is 82.4 Å². The summed E-state index contributed by atoms with van der Waals surface area (Å²) in [5.41, 5.74) is 11.0. The molecule has 18 heteroatoms. The number of fused-ring (bicyclic) bond motifs is 8. The van der Waals surface area contributed by atoms with Gasteiger partial charge in [-0.2, -0.15) is 0 Å². The van der Waals surface area contributed by atoms with Crippen molar-refractivity contribution >= 4 is 45.8 Å². The zero-order valence-corrected chi connectivity index (χ0v) is 30.2. The fourth-order valence-corrected chi connectivity index (χ4v) is 6.81. The molecule has 2 aliphatic heterocycles. The fraction of sp³-hybridized carbons (Fsp3) is 0.211. The highest BCUT2D eigenvalue weighted by molar-refractivity contribution is 6.04. The minimum Gasteiger partial charge on any atom is -0.494 e. The highest BCUT2D eigenvalue weighted by atomic mass is 19.1. The van der Waals surface area contributed by atoms with Crippen molar-refractivity contribution in [2.75, 3.05) is 41.7 Å². The second-order valence-corrected chi connectivity index (χ2v) is 12.2. The van der Waals surface area contributed by atoms with Crippen LogP contribution in [0.25, 0.3) is 44.8 Å². The van der Waals surface area contributed by atoms with Crippen LogP contribution in [0.3, 0.4) is 0 Å². The molecule has 2 aliphatic rings. The van der Waals surface area contributed by atoms with Gasteiger partial charge in [0.15, 0.2) is 23.1 Å². The summed E-state index contributed by atoms with van der Waals surface area (Å²) in [5, 5.41) is 0. The lowest BCUT2D eigenvalue weighted by Crippen LogP contribution is -2.15. The molecule has 8 rings (SSSR count). The Morgan fingerprint density at radius 2 is 1.16 bits per heavy atom. The molecule has 4 bridgehead atoms. The van der Waals surface area contributed by atoms with E-state index in [4.69, 9.17) is 49.9 Å². The minimum absolute atomic E-state index is 0.0174. The zero-order valence-electron chi connectivity index (χ0n) is 30.2. The molecule has 0 saturated heterocycles. The second-order valence-electron chi connectivity index (χ2n) is 12.2. The van der Waals surface area contributed by atoms with E-state index in [2.05, 4.69) is 0 Å². The van der Waals surface area contributed by atoms with E-state index in [9.17, 15) is 19.2 Å². The van der Waals surface area contributed by atoms with Gasteiger partial charge in [0.2, 0.25) is 0 Å². The van der Waals surface area contributed by atoms with Crippen LogP contribution in [-0.4, -0.2) is 84.5 Å². The van der Waals surface area contributed by atoms with E-state index in [0.29, 0.717) is 11.0 Å². The number of imidazole rings is 2. The first-order valence-electron chi connectivity index (χ1n) is 16.8. The van der Waals surface area contributed by atoms with E-state index in [1.807, 2.05) is 0 Å². The van der Waals surface area contributed by atoms with Gasteiger partial charge < -0.3 is 49.0 Å². The number of hydrogen-bond acceptors (Lipinski definition) is 12. The van der Waals surface area contributed by atoms with Crippen molar-refractivity contribution in [3.63, 3.8) is 0 Å². The number of aryl methyl sites for hydroxylation is 2. The monoisotopic (exact) mass is 770 g/mol. The number of esters is 2. The summed E-state index contributed by atoms with van der Waals surface area (Å²) in [6.07, 6.45) is 0. The predicted molar refractivity (Wildman–Crippen MR) is 194 cm³/mol. The Labute approximate surface area is 315 Å². The number of nitrogens with two attached hydrogens (primary N) is 2. The van der Waals surface area contributed by atoms with Crippen LogP contribution in [-0.2, 0) is 22.6 Å². The maximum Gasteiger partial charge on any atom is 0.338 e. The molecule has 0 fully saturated rings. The van der Waals surface area contributed by atoms with E-state index < -0.39 is 35.4 Å². The van der Waals surface area contributed by atoms with Gasteiger partial charge in [0, 0.05) is 19.2 Å². The summed E-state index contributed by atoms with van der Waals surface area (Å²) < 4.78 is 69.1. The number of methoxy groups -OCH3 is 4. The molecule has 16 nitrogen and oxygen atoms in total. The summed E-state index contributed by atoms with van der Waals surface area (Å²) in [5.74, 6) is -5.98. The average Bonchev–Trinajstić information content (AvgIpc) is 3.74. The first-order chi connectivity index (χ1) is 26.9. The van der Waals surface area contributed by atoms with Gasteiger partial charge in [0.05, 0.1) is 72.9 Å². The lowest BCUT2D eigenvalue weighted by molar-refractivity contribution is 0.0592. The standard InChI is InChI=1S/C38H32F2N6O10/c1-51-31-19(33(41)47)5-8-23-29(31)43-35-26-21(38(50)54-4)15-17(16-22(26)39)55-13-14-56-25-10-7-18(37(49)53-3)27(28(25)40)36-44-30-24(46(36)12-11-45(23)35)9-6-20(34(42)48)32(30)52-2/h5-10,15-16H,11-14H2,1-4H3,(H2,41,47)(H2,42,48). The van der Waals surface area contributed by atoms with E-state index in [0.717, 1.165) is 20.3 Å². The fourth-order valence-electron chi connectivity index (χ4n) is 6.81. The third kappa shape index (κ3) is 6.00. The lowest BCUT2D eigenvalue weighted by atomic mass is 10.0. The van der Waals surface area contributed by atoms with E-state index >= 15 is 8.78 Å². The van der Waals surface area contributed by atoms with E-state index in [1.54, 1.807) is 9.13 Å². The third-order valence-corrected chi connectivity index (χ3v) is 9.27. The number of amides is 2. The summed E-state index contributed by atoms with van der Waals surface area (Å²) in [6, 6.07) is 10.7. The molecule has 4 aromatic carbocycles. The Bertz CT molecular complexity index is 2640. The molecule has 6 aromatic rings. The molecule has 0 radical (unpaired) electrons. The highest BCUT2D eigenvalue weighted by Crippen LogP contribution is 2.40. The Kier molecular flexibility index (Phi) is 9.63. The molecule has 56 heavy (non-hydrogen) atoms. The molecule has 2 amide bonds. The molecular formula is C38H32F2N6O10. The molecule has 0 atom stereocenters. The second kappa shape index (κ2) is 14.5. The first-order valence-corrected chi connectivity index (χ1v) is 16.8. The topological polar surface area (TPSA) is 211 Å². The normalized spacial score (nSPS) is 12.5. The minimum atomic E-state index is -0.983. The summed E-state index contributed by atoms with van der Waals surface area (Å²) in [6.45, 7) is -0.753. The average molecular weight is 771 g/mol. The van der Waals surface area contributed by atoms with Crippen LogP contribution in [0.2, 0.25) is 0 Å². The lowest BCUT2D eigenvalue weighted by Gasteiger charge is -2.17. The van der Waals surface area contributed by atoms with Crippen molar-refractivity contribution in [2.45, 2.75) is 13.1 Å². The Hall–Kier alpha value is -7.24. The third-order valence-electron chi connectivity index (χ3n) is 9.27. The van der Waals surface area contributed by atoms with Gasteiger partial charge in [-0.05, 0) is 42.5 Å². The molecule has 0 aliphatic carbocycles. The first kappa shape index (κ1) is 37.1. The number of carbonyl (C=O) groups is 4. The molecule has 2 aromatic heterocycles. The molecular weight excluding hydrogens is 738 g/mol. The van der Waals surface area contributed by atoms with Crippen LogP contribution in [0, 0.1) is 11.6 Å². The quantitative estimate of drug-likeness (QED) is 0.228. The van der Waals surface area contributed by atoms with E-state index in [1.165, 1.54) is 56.7 Å². The van der Waals surface area contributed by atoms with Crippen molar-refractivity contribution < 1.29 is 56.4 Å². The molecule has 0 spiro atoms. The van der Waals surface area contributed by atoms with Gasteiger partial charge in [-0.25, -0.2) is 28.3 Å². The Balaban J connectivity index is 1.59. The summed E-state index contributed by atoms with van der Waals surface area (Å²) in [7, 11) is 4.87. The number of carbonyl (C=O) groups excluding carboxylic acids is 4. The highest BCUT2D eigenvalue weighted by Gasteiger charge is 2.31. The number of halogens is 2. The number of benzene rings is 4. The van der Waals surface area contributed by atoms with Gasteiger partial charge in [-0.15, -0.1) is 0 Å². The van der Waals surface area contributed by atoms with Gasteiger partial charge in [-0.1, -0.05) is 0 Å².